The van der Waals surface area contributed by atoms with Gasteiger partial charge in [-0.2, -0.15) is 0 Å². The number of rotatable bonds is 4. The Balaban J connectivity index is 0.989. The quantitative estimate of drug-likeness (QED) is 0.178. The molecule has 8 bridgehead atoms. The van der Waals surface area contributed by atoms with E-state index in [1.54, 1.807) is 0 Å². The summed E-state index contributed by atoms with van der Waals surface area (Å²) in [7, 11) is 0. The maximum atomic E-state index is 6.91. The van der Waals surface area contributed by atoms with Crippen molar-refractivity contribution in [1.29, 1.82) is 0 Å². The van der Waals surface area contributed by atoms with Crippen molar-refractivity contribution in [2.24, 2.45) is 35.5 Å². The van der Waals surface area contributed by atoms with Crippen LogP contribution in [0.1, 0.15) is 88.7 Å². The lowest BCUT2D eigenvalue weighted by atomic mass is 9.49. The Morgan fingerprint density at radius 1 is 0.542 bits per heavy atom. The molecule has 0 saturated heterocycles. The van der Waals surface area contributed by atoms with Crippen LogP contribution in [0.15, 0.2) is 101 Å². The number of nitrogens with zero attached hydrogens (tertiary/aromatic N) is 4. The van der Waals surface area contributed by atoms with E-state index in [1.165, 1.54) is 130 Å². The average molecular weight is 787 g/mol. The smallest absolute Gasteiger partial charge is 0.163 e. The Morgan fingerprint density at radius 2 is 1.12 bits per heavy atom. The zero-order valence-electron chi connectivity index (χ0n) is 33.3. The molecule has 5 aromatic carbocycles. The first kappa shape index (κ1) is 32.7. The molecule has 0 spiro atoms. The first-order valence-corrected chi connectivity index (χ1v) is 23.4. The third kappa shape index (κ3) is 4.44. The van der Waals surface area contributed by atoms with Gasteiger partial charge in [0.25, 0.3) is 0 Å². The van der Waals surface area contributed by atoms with Gasteiger partial charge in [-0.3, -0.25) is 0 Å². The molecule has 8 aliphatic carbocycles. The van der Waals surface area contributed by atoms with Gasteiger partial charge >= 0.3 is 0 Å². The molecule has 0 N–H and O–H groups in total. The summed E-state index contributed by atoms with van der Waals surface area (Å²) < 4.78 is 12.0. The summed E-state index contributed by atoms with van der Waals surface area (Å²) in [6, 6.07) is 35.6. The van der Waals surface area contributed by atoms with Crippen LogP contribution in [0.25, 0.3) is 81.0 Å². The van der Waals surface area contributed by atoms with Gasteiger partial charge in [-0.25, -0.2) is 15.0 Å². The van der Waals surface area contributed by atoms with Crippen LogP contribution >= 0.6 is 11.3 Å². The molecule has 59 heavy (non-hydrogen) atoms. The number of fused-ring (bicyclic) bond motifs is 12. The molecule has 0 amide bonds. The van der Waals surface area contributed by atoms with Crippen LogP contribution < -0.4 is 0 Å². The lowest BCUT2D eigenvalue weighted by Gasteiger charge is -2.57. The predicted molar refractivity (Wildman–Crippen MR) is 239 cm³/mol. The van der Waals surface area contributed by atoms with Gasteiger partial charge in [0.1, 0.15) is 22.8 Å². The van der Waals surface area contributed by atoms with E-state index in [1.807, 2.05) is 11.3 Å². The van der Waals surface area contributed by atoms with Gasteiger partial charge in [0.2, 0.25) is 0 Å². The van der Waals surface area contributed by atoms with Gasteiger partial charge in [-0.05, 0) is 143 Å². The van der Waals surface area contributed by atoms with Gasteiger partial charge < -0.3 is 8.98 Å². The van der Waals surface area contributed by atoms with Crippen molar-refractivity contribution in [1.82, 2.24) is 19.5 Å². The van der Waals surface area contributed by atoms with Crippen molar-refractivity contribution in [2.75, 3.05) is 0 Å². The highest BCUT2D eigenvalue weighted by Crippen LogP contribution is 2.63. The summed E-state index contributed by atoms with van der Waals surface area (Å²) in [5.41, 5.74) is 6.76. The zero-order chi connectivity index (χ0) is 38.2. The molecule has 5 nitrogen and oxygen atoms in total. The van der Waals surface area contributed by atoms with E-state index in [4.69, 9.17) is 19.4 Å². The van der Waals surface area contributed by atoms with E-state index in [0.29, 0.717) is 0 Å². The van der Waals surface area contributed by atoms with Gasteiger partial charge in [-0.15, -0.1) is 11.3 Å². The average Bonchev–Trinajstić information content (AvgIpc) is 3.93. The van der Waals surface area contributed by atoms with Crippen molar-refractivity contribution in [3.63, 3.8) is 0 Å². The Hall–Kier alpha value is -5.07. The van der Waals surface area contributed by atoms with E-state index in [2.05, 4.69) is 102 Å². The predicted octanol–water partition coefficient (Wildman–Crippen LogP) is 13.8. The minimum absolute atomic E-state index is 0.109. The van der Waals surface area contributed by atoms with E-state index in [-0.39, 0.29) is 10.8 Å². The van der Waals surface area contributed by atoms with Crippen molar-refractivity contribution in [2.45, 2.75) is 87.9 Å². The number of para-hydroxylation sites is 2. The molecule has 0 unspecified atom stereocenters. The number of hydrogen-bond acceptors (Lipinski definition) is 5. The number of benzene rings is 5. The van der Waals surface area contributed by atoms with E-state index < -0.39 is 0 Å². The minimum atomic E-state index is 0.109. The van der Waals surface area contributed by atoms with Crippen LogP contribution in [0.2, 0.25) is 0 Å². The molecular weight excluding hydrogens is 741 g/mol. The van der Waals surface area contributed by atoms with Gasteiger partial charge in [0.15, 0.2) is 5.82 Å². The molecule has 290 valence electrons. The lowest BCUT2D eigenvalue weighted by Crippen LogP contribution is -2.51. The standard InChI is InChI=1S/C53H46N4OS/c1-4-13-40-37(10-1)43-46(44-39-12-3-6-15-42(39)59-48(44)45-38-11-2-5-14-41(38)58-47(43)45)57(40)36-9-7-8-35(22-36)49-54-50(52-23-29-16-30(24-52)18-31(17-29)25-52)56-51(55-49)53-26-32-19-33(27-53)21-34(20-32)28-53/h1-15,22,29-34H,16-21,23-28H2. The highest BCUT2D eigenvalue weighted by molar-refractivity contribution is 7.27. The monoisotopic (exact) mass is 786 g/mol. The highest BCUT2D eigenvalue weighted by atomic mass is 32.1. The van der Waals surface area contributed by atoms with Crippen LogP contribution in [0.5, 0.6) is 0 Å². The number of thiophene rings is 1. The van der Waals surface area contributed by atoms with Crippen molar-refractivity contribution in [3.05, 3.63) is 109 Å². The SMILES string of the molecule is c1cc(-c2nc(C34CC5CC(CC(C5)C3)C4)nc(C34CC5CC(CC(C5)C3)C4)n2)cc(-n2c3ccccc3c3c4oc5ccccc5c4c4sc5ccccc5c4c32)c1. The first-order chi connectivity index (χ1) is 29.0. The summed E-state index contributed by atoms with van der Waals surface area (Å²) in [5, 5.41) is 7.39. The molecule has 0 aliphatic heterocycles. The highest BCUT2D eigenvalue weighted by Gasteiger charge is 2.56. The maximum absolute atomic E-state index is 6.91. The van der Waals surface area contributed by atoms with Crippen LogP contribution in [0.4, 0.5) is 0 Å². The fraction of sp³-hybridized carbons (Fsp3) is 0.377. The summed E-state index contributed by atoms with van der Waals surface area (Å²) in [5.74, 6) is 8.22. The van der Waals surface area contributed by atoms with Crippen LogP contribution in [-0.4, -0.2) is 19.5 Å². The Kier molecular flexibility index (Phi) is 6.32. The summed E-state index contributed by atoms with van der Waals surface area (Å²) in [6.45, 7) is 0. The van der Waals surface area contributed by atoms with E-state index in [0.717, 1.165) is 75.4 Å². The third-order valence-corrected chi connectivity index (χ3v) is 18.0. The molecule has 8 saturated carbocycles. The molecule has 0 radical (unpaired) electrons. The van der Waals surface area contributed by atoms with Crippen LogP contribution in [0.3, 0.4) is 0 Å². The van der Waals surface area contributed by atoms with Gasteiger partial charge in [0.05, 0.1) is 16.4 Å². The number of hydrogen-bond donors (Lipinski definition) is 0. The molecule has 8 aliphatic rings. The Labute approximate surface area is 346 Å². The van der Waals surface area contributed by atoms with Crippen molar-refractivity contribution < 1.29 is 4.42 Å². The minimum Gasteiger partial charge on any atom is -0.455 e. The summed E-state index contributed by atoms with van der Waals surface area (Å²) in [4.78, 5) is 17.1. The normalized spacial score (nSPS) is 30.7. The van der Waals surface area contributed by atoms with Crippen molar-refractivity contribution >= 4 is 75.3 Å². The fourth-order valence-electron chi connectivity index (χ4n) is 15.4. The van der Waals surface area contributed by atoms with E-state index >= 15 is 0 Å². The summed E-state index contributed by atoms with van der Waals surface area (Å²) >= 11 is 1.89. The first-order valence-electron chi connectivity index (χ1n) is 22.6. The van der Waals surface area contributed by atoms with Gasteiger partial charge in [0, 0.05) is 58.4 Å². The zero-order valence-corrected chi connectivity index (χ0v) is 34.1. The molecule has 4 heterocycles. The molecule has 17 rings (SSSR count). The lowest BCUT2D eigenvalue weighted by molar-refractivity contribution is -0.0155. The summed E-state index contributed by atoms with van der Waals surface area (Å²) in [6.07, 6.45) is 16.2. The number of aromatic nitrogens is 4. The Morgan fingerprint density at radius 3 is 1.78 bits per heavy atom. The van der Waals surface area contributed by atoms with Crippen LogP contribution in [0, 0.1) is 35.5 Å². The van der Waals surface area contributed by atoms with E-state index in [9.17, 15) is 0 Å². The topological polar surface area (TPSA) is 56.7 Å². The molecule has 0 atom stereocenters. The number of furan rings is 1. The second-order valence-corrected chi connectivity index (χ2v) is 21.5. The molecule has 4 aromatic heterocycles. The van der Waals surface area contributed by atoms with Crippen molar-refractivity contribution in [3.8, 4) is 17.1 Å². The second-order valence-electron chi connectivity index (χ2n) is 20.4. The molecule has 8 fully saturated rings. The largest absolute Gasteiger partial charge is 0.455 e. The van der Waals surface area contributed by atoms with Gasteiger partial charge in [-0.1, -0.05) is 66.7 Å². The molecular formula is C53H46N4OS. The molecule has 6 heteroatoms. The second kappa shape index (κ2) is 11.4. The maximum Gasteiger partial charge on any atom is 0.163 e. The fourth-order valence-corrected chi connectivity index (χ4v) is 16.7. The van der Waals surface area contributed by atoms with Crippen LogP contribution in [-0.2, 0) is 10.8 Å². The Bertz CT molecular complexity index is 3110. The third-order valence-electron chi connectivity index (χ3n) is 16.8. The molecule has 9 aromatic rings.